The third-order valence-corrected chi connectivity index (χ3v) is 9.42. The van der Waals surface area contributed by atoms with E-state index < -0.39 is 0 Å². The largest absolute Gasteiger partial charge is 0.489 e. The molecule has 49 heavy (non-hydrogen) atoms. The molecule has 0 aliphatic carbocycles. The molecule has 0 amide bonds. The number of nitrogens with one attached hydrogen (secondary N) is 1. The summed E-state index contributed by atoms with van der Waals surface area (Å²) in [6.45, 7) is 0.466. The van der Waals surface area contributed by atoms with E-state index >= 15 is 0 Å². The molecule has 0 saturated heterocycles. The summed E-state index contributed by atoms with van der Waals surface area (Å²) in [4.78, 5) is 22.7. The number of nitrogens with zero attached hydrogens (tertiary/aromatic N) is 4. The maximum absolute atomic E-state index is 6.16. The van der Waals surface area contributed by atoms with Gasteiger partial charge >= 0.3 is 0 Å². The molecule has 10 rings (SSSR count). The van der Waals surface area contributed by atoms with Crippen molar-refractivity contribution in [1.29, 1.82) is 0 Å². The lowest BCUT2D eigenvalue weighted by Gasteiger charge is -2.12. The van der Waals surface area contributed by atoms with Gasteiger partial charge in [-0.15, -0.1) is 0 Å². The van der Waals surface area contributed by atoms with E-state index in [1.807, 2.05) is 48.7 Å². The fourth-order valence-corrected chi connectivity index (χ4v) is 7.05. The van der Waals surface area contributed by atoms with E-state index in [1.165, 1.54) is 32.3 Å². The van der Waals surface area contributed by atoms with E-state index in [1.54, 1.807) is 12.4 Å². The number of aliphatic imine (C=N–C) groups is 1. The van der Waals surface area contributed by atoms with Crippen molar-refractivity contribution in [2.45, 2.75) is 6.61 Å². The van der Waals surface area contributed by atoms with Gasteiger partial charge in [-0.05, 0) is 92.7 Å². The van der Waals surface area contributed by atoms with Gasteiger partial charge < -0.3 is 9.72 Å². The Kier molecular flexibility index (Phi) is 6.14. The molecule has 0 saturated carbocycles. The van der Waals surface area contributed by atoms with Gasteiger partial charge in [-0.1, -0.05) is 72.8 Å². The van der Waals surface area contributed by atoms with E-state index in [2.05, 4.69) is 99.9 Å². The zero-order valence-corrected chi connectivity index (χ0v) is 26.3. The highest BCUT2D eigenvalue weighted by Crippen LogP contribution is 2.39. The fourth-order valence-electron chi connectivity index (χ4n) is 7.05. The number of pyridine rings is 2. The number of hydrogen-bond donors (Lipinski definition) is 1. The van der Waals surface area contributed by atoms with Crippen LogP contribution in [0.3, 0.4) is 0 Å². The van der Waals surface area contributed by atoms with Gasteiger partial charge in [-0.25, -0.2) is 4.98 Å². The molecule has 3 heterocycles. The first-order valence-corrected chi connectivity index (χ1v) is 16.3. The topological polar surface area (TPSA) is 76.1 Å². The lowest BCUT2D eigenvalue weighted by molar-refractivity contribution is 0.306. The Morgan fingerprint density at radius 3 is 2.12 bits per heavy atom. The van der Waals surface area contributed by atoms with Gasteiger partial charge in [-0.2, -0.15) is 0 Å². The molecule has 0 bridgehead atoms. The molecular formula is C43H27N5O. The Bertz CT molecular complexity index is 2800. The lowest BCUT2D eigenvalue weighted by atomic mass is 9.93. The van der Waals surface area contributed by atoms with Gasteiger partial charge in [-0.3, -0.25) is 15.0 Å². The van der Waals surface area contributed by atoms with Crippen LogP contribution in [0.5, 0.6) is 5.75 Å². The maximum atomic E-state index is 6.16. The molecule has 7 aromatic carbocycles. The summed E-state index contributed by atoms with van der Waals surface area (Å²) in [6.07, 6.45) is 5.54. The second kappa shape index (κ2) is 11.0. The molecule has 0 aliphatic rings. The first-order chi connectivity index (χ1) is 24.3. The van der Waals surface area contributed by atoms with Crippen LogP contribution >= 0.6 is 0 Å². The van der Waals surface area contributed by atoms with Crippen LogP contribution in [0.25, 0.3) is 76.5 Å². The molecule has 0 aliphatic heterocycles. The average molecular weight is 630 g/mol. The van der Waals surface area contributed by atoms with Crippen molar-refractivity contribution in [3.63, 3.8) is 0 Å². The highest BCUT2D eigenvalue weighted by Gasteiger charge is 2.15. The Hall–Kier alpha value is -6.66. The molecule has 0 radical (unpaired) electrons. The third-order valence-electron chi connectivity index (χ3n) is 9.42. The number of hydrogen-bond acceptors (Lipinski definition) is 5. The van der Waals surface area contributed by atoms with Crippen LogP contribution < -0.4 is 4.74 Å². The first-order valence-electron chi connectivity index (χ1n) is 16.3. The van der Waals surface area contributed by atoms with Crippen molar-refractivity contribution < 1.29 is 4.74 Å². The Morgan fingerprint density at radius 2 is 1.31 bits per heavy atom. The number of H-pyrrole nitrogens is 1. The van der Waals surface area contributed by atoms with E-state index in [0.29, 0.717) is 6.61 Å². The van der Waals surface area contributed by atoms with Crippen LogP contribution in [0.4, 0.5) is 5.69 Å². The number of imidazole rings is 1. The number of benzene rings is 7. The van der Waals surface area contributed by atoms with Crippen LogP contribution in [0.15, 0.2) is 145 Å². The molecule has 0 fully saturated rings. The molecule has 6 nitrogen and oxygen atoms in total. The predicted octanol–water partition coefficient (Wildman–Crippen LogP) is 10.6. The number of aromatic nitrogens is 4. The molecule has 1 N–H and O–H groups in total. The highest BCUT2D eigenvalue weighted by atomic mass is 16.5. The number of aromatic amines is 1. The summed E-state index contributed by atoms with van der Waals surface area (Å²) in [6, 6.07) is 43.9. The molecule has 3 aromatic heterocycles. The molecule has 0 unspecified atom stereocenters. The second-order valence-corrected chi connectivity index (χ2v) is 12.4. The average Bonchev–Trinajstić information content (AvgIpc) is 3.62. The normalized spacial score (nSPS) is 12.1. The van der Waals surface area contributed by atoms with Crippen molar-refractivity contribution in [3.8, 4) is 17.1 Å². The quantitative estimate of drug-likeness (QED) is 0.147. The molecular weight excluding hydrogens is 603 g/mol. The Morgan fingerprint density at radius 1 is 0.612 bits per heavy atom. The maximum Gasteiger partial charge on any atom is 0.138 e. The van der Waals surface area contributed by atoms with Crippen LogP contribution in [-0.4, -0.2) is 26.2 Å². The van der Waals surface area contributed by atoms with Gasteiger partial charge in [0.2, 0.25) is 0 Å². The fraction of sp³-hybridized carbons (Fsp3) is 0.0233. The molecule has 0 spiro atoms. The van der Waals surface area contributed by atoms with Crippen LogP contribution in [-0.2, 0) is 6.61 Å². The van der Waals surface area contributed by atoms with Gasteiger partial charge in [0.05, 0.1) is 27.8 Å². The van der Waals surface area contributed by atoms with Gasteiger partial charge in [0.1, 0.15) is 18.2 Å². The number of rotatable bonds is 6. The van der Waals surface area contributed by atoms with E-state index in [4.69, 9.17) is 14.7 Å². The molecule has 6 heteroatoms. The molecule has 0 atom stereocenters. The minimum Gasteiger partial charge on any atom is -0.489 e. The van der Waals surface area contributed by atoms with Crippen LogP contribution in [0, 0.1) is 0 Å². The summed E-state index contributed by atoms with van der Waals surface area (Å²) in [5.74, 6) is 1.59. The molecule has 230 valence electrons. The van der Waals surface area contributed by atoms with Crippen molar-refractivity contribution in [3.05, 3.63) is 151 Å². The van der Waals surface area contributed by atoms with Crippen molar-refractivity contribution in [1.82, 2.24) is 19.9 Å². The summed E-state index contributed by atoms with van der Waals surface area (Å²) in [7, 11) is 0. The van der Waals surface area contributed by atoms with Crippen molar-refractivity contribution in [2.24, 2.45) is 4.99 Å². The van der Waals surface area contributed by atoms with Gasteiger partial charge in [0.15, 0.2) is 0 Å². The van der Waals surface area contributed by atoms with Gasteiger partial charge in [0, 0.05) is 40.3 Å². The summed E-state index contributed by atoms with van der Waals surface area (Å²) in [5, 5.41) is 9.46. The lowest BCUT2D eigenvalue weighted by Crippen LogP contribution is -1.95. The summed E-state index contributed by atoms with van der Waals surface area (Å²) >= 11 is 0. The number of fused-ring (bicyclic) bond motifs is 6. The minimum atomic E-state index is 0.466. The second-order valence-electron chi connectivity index (χ2n) is 12.4. The predicted molar refractivity (Wildman–Crippen MR) is 200 cm³/mol. The summed E-state index contributed by atoms with van der Waals surface area (Å²) < 4.78 is 6.16. The van der Waals surface area contributed by atoms with Crippen molar-refractivity contribution in [2.75, 3.05) is 0 Å². The van der Waals surface area contributed by atoms with Gasteiger partial charge in [0.25, 0.3) is 0 Å². The Labute approximate surface area is 280 Å². The minimum absolute atomic E-state index is 0.466. The van der Waals surface area contributed by atoms with Crippen LogP contribution in [0.2, 0.25) is 0 Å². The standard InChI is InChI=1S/C43H27N5O/c1-5-28-15-16-29-6-2-8-33-36(23-31(7-1)37(28)38(29)33)46-24-26-11-13-27(14-12-26)25-49-32-19-17-30(18-20-32)43-47-41-34-9-3-21-44-39(34)40-35(42(41)48-43)10-4-22-45-40/h1-24H,25H2,(H,47,48). The third kappa shape index (κ3) is 4.57. The Balaban J connectivity index is 0.868. The van der Waals surface area contributed by atoms with Crippen LogP contribution in [0.1, 0.15) is 11.1 Å². The van der Waals surface area contributed by atoms with E-state index in [0.717, 1.165) is 66.8 Å². The number of ether oxygens (including phenoxy) is 1. The smallest absolute Gasteiger partial charge is 0.138 e. The zero-order chi connectivity index (χ0) is 32.3. The highest BCUT2D eigenvalue weighted by molar-refractivity contribution is 6.26. The summed E-state index contributed by atoms with van der Waals surface area (Å²) in [5.41, 5.74) is 7.66. The van der Waals surface area contributed by atoms with Crippen molar-refractivity contribution >= 4 is 77.1 Å². The monoisotopic (exact) mass is 629 g/mol. The van der Waals surface area contributed by atoms with E-state index in [9.17, 15) is 0 Å². The van der Waals surface area contributed by atoms with E-state index in [-0.39, 0.29) is 0 Å². The molecule has 10 aromatic rings. The first kappa shape index (κ1) is 27.5. The zero-order valence-electron chi connectivity index (χ0n) is 26.3. The SMILES string of the molecule is C(=Nc1cc2cccc3ccc4cccc1c4c32)c1ccc(COc2ccc(-c3nc4c5cccnc5c5ncccc5c4[nH]3)cc2)cc1.